The Morgan fingerprint density at radius 2 is 1.77 bits per heavy atom. The van der Waals surface area contributed by atoms with Crippen molar-refractivity contribution in [3.05, 3.63) is 29.8 Å². The second kappa shape index (κ2) is 15.1. The van der Waals surface area contributed by atoms with Crippen molar-refractivity contribution in [3.63, 3.8) is 0 Å². The third-order valence-electron chi connectivity index (χ3n) is 4.16. The highest BCUT2D eigenvalue weighted by molar-refractivity contribution is 14.0. The van der Waals surface area contributed by atoms with E-state index in [9.17, 15) is 0 Å². The Morgan fingerprint density at radius 1 is 1.12 bits per heavy atom. The number of nitrogens with zero attached hydrogens (tertiary/aromatic N) is 1. The highest BCUT2D eigenvalue weighted by Crippen LogP contribution is 2.12. The van der Waals surface area contributed by atoms with Crippen LogP contribution in [0.5, 0.6) is 5.75 Å². The van der Waals surface area contributed by atoms with Crippen LogP contribution in [0.15, 0.2) is 29.3 Å². The molecular weight excluding hydrogens is 441 g/mol. The molecule has 1 aromatic rings. The lowest BCUT2D eigenvalue weighted by Gasteiger charge is -2.21. The number of aliphatic imine (C=N–C) groups is 1. The number of hydrogen-bond acceptors (Lipinski definition) is 3. The van der Waals surface area contributed by atoms with Crippen molar-refractivity contribution in [1.82, 2.24) is 10.6 Å². The standard InChI is InChI=1S/C20H35N3O2.HI/c1-6-25-19(16(2)3)13-15-23-20(21-4)22-14-7-8-17-9-11-18(24-5)12-10-17;/h9-12,16,19H,6-8,13-15H2,1-5H3,(H2,21,22,23);1H. The molecule has 0 bridgehead atoms. The number of hydrogen-bond donors (Lipinski definition) is 2. The molecule has 0 heterocycles. The van der Waals surface area contributed by atoms with Gasteiger partial charge in [0.2, 0.25) is 0 Å². The monoisotopic (exact) mass is 477 g/mol. The fourth-order valence-corrected chi connectivity index (χ4v) is 2.67. The van der Waals surface area contributed by atoms with Crippen LogP contribution in [0, 0.1) is 5.92 Å². The molecule has 0 aliphatic rings. The first kappa shape index (κ1) is 25.0. The fourth-order valence-electron chi connectivity index (χ4n) is 2.67. The maximum absolute atomic E-state index is 5.77. The lowest BCUT2D eigenvalue weighted by atomic mass is 10.0. The Labute approximate surface area is 176 Å². The molecule has 2 N–H and O–H groups in total. The molecule has 0 aliphatic carbocycles. The van der Waals surface area contributed by atoms with E-state index < -0.39 is 0 Å². The third kappa shape index (κ3) is 10.2. The van der Waals surface area contributed by atoms with Crippen LogP contribution >= 0.6 is 24.0 Å². The molecule has 1 unspecified atom stereocenters. The molecule has 150 valence electrons. The zero-order valence-corrected chi connectivity index (χ0v) is 19.2. The van der Waals surface area contributed by atoms with Crippen molar-refractivity contribution in [2.45, 2.75) is 46.1 Å². The molecule has 1 rings (SSSR count). The van der Waals surface area contributed by atoms with Gasteiger partial charge in [-0.05, 0) is 49.8 Å². The topological polar surface area (TPSA) is 54.9 Å². The molecule has 0 amide bonds. The van der Waals surface area contributed by atoms with Crippen molar-refractivity contribution in [1.29, 1.82) is 0 Å². The van der Waals surface area contributed by atoms with E-state index >= 15 is 0 Å². The molecule has 26 heavy (non-hydrogen) atoms. The highest BCUT2D eigenvalue weighted by atomic mass is 127. The minimum absolute atomic E-state index is 0. The number of benzene rings is 1. The molecule has 0 saturated carbocycles. The summed E-state index contributed by atoms with van der Waals surface area (Å²) in [4.78, 5) is 4.28. The van der Waals surface area contributed by atoms with Gasteiger partial charge in [-0.15, -0.1) is 24.0 Å². The van der Waals surface area contributed by atoms with E-state index in [1.165, 1.54) is 5.56 Å². The van der Waals surface area contributed by atoms with Gasteiger partial charge in [0.05, 0.1) is 13.2 Å². The van der Waals surface area contributed by atoms with Gasteiger partial charge in [-0.2, -0.15) is 0 Å². The summed E-state index contributed by atoms with van der Waals surface area (Å²) in [5.74, 6) is 2.29. The van der Waals surface area contributed by atoms with Crippen LogP contribution < -0.4 is 15.4 Å². The van der Waals surface area contributed by atoms with E-state index in [0.717, 1.165) is 50.7 Å². The fraction of sp³-hybridized carbons (Fsp3) is 0.650. The molecule has 0 fully saturated rings. The van der Waals surface area contributed by atoms with Gasteiger partial charge in [0.25, 0.3) is 0 Å². The Bertz CT molecular complexity index is 492. The van der Waals surface area contributed by atoms with E-state index in [4.69, 9.17) is 9.47 Å². The summed E-state index contributed by atoms with van der Waals surface area (Å²) in [6.07, 6.45) is 3.37. The van der Waals surface area contributed by atoms with Crippen LogP contribution in [0.2, 0.25) is 0 Å². The van der Waals surface area contributed by atoms with E-state index in [2.05, 4.69) is 41.6 Å². The smallest absolute Gasteiger partial charge is 0.190 e. The van der Waals surface area contributed by atoms with Gasteiger partial charge in [0.15, 0.2) is 5.96 Å². The van der Waals surface area contributed by atoms with Gasteiger partial charge in [-0.25, -0.2) is 0 Å². The predicted octanol–water partition coefficient (Wildman–Crippen LogP) is 3.86. The molecule has 0 spiro atoms. The van der Waals surface area contributed by atoms with Crippen molar-refractivity contribution < 1.29 is 9.47 Å². The van der Waals surface area contributed by atoms with Crippen LogP contribution in [-0.2, 0) is 11.2 Å². The quantitative estimate of drug-likeness (QED) is 0.220. The summed E-state index contributed by atoms with van der Waals surface area (Å²) in [5.41, 5.74) is 1.32. The zero-order valence-electron chi connectivity index (χ0n) is 16.9. The molecule has 0 aromatic heterocycles. The summed E-state index contributed by atoms with van der Waals surface area (Å²) in [5, 5.41) is 6.74. The summed E-state index contributed by atoms with van der Waals surface area (Å²) in [6, 6.07) is 8.25. The molecule has 0 saturated heterocycles. The maximum Gasteiger partial charge on any atom is 0.190 e. The first-order valence-corrected chi connectivity index (χ1v) is 9.29. The van der Waals surface area contributed by atoms with Crippen LogP contribution in [0.1, 0.15) is 39.2 Å². The van der Waals surface area contributed by atoms with Crippen LogP contribution in [0.25, 0.3) is 0 Å². The Morgan fingerprint density at radius 3 is 2.31 bits per heavy atom. The second-order valence-corrected chi connectivity index (χ2v) is 6.40. The minimum atomic E-state index is 0. The molecule has 6 heteroatoms. The molecule has 0 aliphatic heterocycles. The van der Waals surface area contributed by atoms with Crippen molar-refractivity contribution in [2.75, 3.05) is 33.9 Å². The SMILES string of the molecule is CCOC(CCNC(=NC)NCCCc1ccc(OC)cc1)C(C)C.I. The number of nitrogens with one attached hydrogen (secondary N) is 2. The molecule has 0 radical (unpaired) electrons. The average Bonchev–Trinajstić information content (AvgIpc) is 2.63. The normalized spacial score (nSPS) is 12.5. The Hall–Kier alpha value is -1.02. The summed E-state index contributed by atoms with van der Waals surface area (Å²) in [6.45, 7) is 8.97. The number of halogens is 1. The predicted molar refractivity (Wildman–Crippen MR) is 121 cm³/mol. The molecular formula is C20H36IN3O2. The number of methoxy groups -OCH3 is 1. The van der Waals surface area contributed by atoms with E-state index in [1.54, 1.807) is 14.2 Å². The van der Waals surface area contributed by atoms with Gasteiger partial charge < -0.3 is 20.1 Å². The minimum Gasteiger partial charge on any atom is -0.497 e. The van der Waals surface area contributed by atoms with Gasteiger partial charge in [-0.3, -0.25) is 4.99 Å². The lowest BCUT2D eigenvalue weighted by molar-refractivity contribution is 0.0258. The van der Waals surface area contributed by atoms with Gasteiger partial charge in [-0.1, -0.05) is 26.0 Å². The van der Waals surface area contributed by atoms with Crippen molar-refractivity contribution in [2.24, 2.45) is 10.9 Å². The van der Waals surface area contributed by atoms with E-state index in [0.29, 0.717) is 12.0 Å². The van der Waals surface area contributed by atoms with Gasteiger partial charge in [0, 0.05) is 26.7 Å². The average molecular weight is 477 g/mol. The number of ether oxygens (including phenoxy) is 2. The van der Waals surface area contributed by atoms with Crippen LogP contribution in [-0.4, -0.2) is 45.9 Å². The molecule has 1 atom stereocenters. The molecule has 5 nitrogen and oxygen atoms in total. The summed E-state index contributed by atoms with van der Waals surface area (Å²) >= 11 is 0. The van der Waals surface area contributed by atoms with Crippen molar-refractivity contribution in [3.8, 4) is 5.75 Å². The first-order chi connectivity index (χ1) is 12.1. The van der Waals surface area contributed by atoms with Gasteiger partial charge >= 0.3 is 0 Å². The first-order valence-electron chi connectivity index (χ1n) is 9.29. The van der Waals surface area contributed by atoms with E-state index in [1.807, 2.05) is 19.1 Å². The Kier molecular flexibility index (Phi) is 14.5. The van der Waals surface area contributed by atoms with E-state index in [-0.39, 0.29) is 24.0 Å². The summed E-state index contributed by atoms with van der Waals surface area (Å²) < 4.78 is 11.0. The summed E-state index contributed by atoms with van der Waals surface area (Å²) in [7, 11) is 3.50. The van der Waals surface area contributed by atoms with Crippen LogP contribution in [0.4, 0.5) is 0 Å². The maximum atomic E-state index is 5.77. The van der Waals surface area contributed by atoms with Crippen LogP contribution in [0.3, 0.4) is 0 Å². The Balaban J connectivity index is 0.00000625. The lowest BCUT2D eigenvalue weighted by Crippen LogP contribution is -2.39. The number of rotatable bonds is 11. The zero-order chi connectivity index (χ0) is 18.5. The third-order valence-corrected chi connectivity index (χ3v) is 4.16. The highest BCUT2D eigenvalue weighted by Gasteiger charge is 2.12. The van der Waals surface area contributed by atoms with Crippen molar-refractivity contribution >= 4 is 29.9 Å². The number of aryl methyl sites for hydroxylation is 1. The van der Waals surface area contributed by atoms with Gasteiger partial charge in [0.1, 0.15) is 5.75 Å². The molecule has 1 aromatic carbocycles. The second-order valence-electron chi connectivity index (χ2n) is 6.40. The largest absolute Gasteiger partial charge is 0.497 e. The number of guanidine groups is 1.